The van der Waals surface area contributed by atoms with Gasteiger partial charge >= 0.3 is 5.97 Å². The Morgan fingerprint density at radius 1 is 1.50 bits per heavy atom. The molecule has 0 fully saturated rings. The van der Waals surface area contributed by atoms with E-state index in [1.54, 1.807) is 13.1 Å². The van der Waals surface area contributed by atoms with Crippen LogP contribution in [-0.2, 0) is 16.0 Å². The highest BCUT2D eigenvalue weighted by molar-refractivity contribution is 5.81. The molecule has 1 aromatic rings. The van der Waals surface area contributed by atoms with Gasteiger partial charge in [0, 0.05) is 37.5 Å². The Bertz CT molecular complexity index is 377. The number of aromatic nitrogens is 1. The fourth-order valence-corrected chi connectivity index (χ4v) is 1.46. The molecule has 18 heavy (non-hydrogen) atoms. The van der Waals surface area contributed by atoms with Crippen LogP contribution in [0, 0.1) is 0 Å². The zero-order valence-corrected chi connectivity index (χ0v) is 11.0. The lowest BCUT2D eigenvalue weighted by atomic mass is 10.2. The molecule has 1 rings (SSSR count). The van der Waals surface area contributed by atoms with Crippen LogP contribution in [0.15, 0.2) is 36.5 Å². The molecule has 1 heterocycles. The molecule has 0 aliphatic rings. The molecular weight excluding hydrogens is 228 g/mol. The van der Waals surface area contributed by atoms with Gasteiger partial charge in [0.05, 0.1) is 6.61 Å². The van der Waals surface area contributed by atoms with Crippen LogP contribution < -0.4 is 0 Å². The molecule has 0 N–H and O–H groups in total. The van der Waals surface area contributed by atoms with Crippen molar-refractivity contribution in [2.45, 2.75) is 13.3 Å². The van der Waals surface area contributed by atoms with Crippen molar-refractivity contribution in [2.75, 3.05) is 26.7 Å². The second-order valence-electron chi connectivity index (χ2n) is 3.99. The minimum atomic E-state index is -0.282. The number of hydrogen-bond donors (Lipinski definition) is 0. The third kappa shape index (κ3) is 6.15. The highest BCUT2D eigenvalue weighted by atomic mass is 16.5. The van der Waals surface area contributed by atoms with Crippen molar-refractivity contribution >= 4 is 5.97 Å². The van der Waals surface area contributed by atoms with Crippen molar-refractivity contribution in [1.82, 2.24) is 9.88 Å². The second-order valence-corrected chi connectivity index (χ2v) is 3.99. The van der Waals surface area contributed by atoms with Crippen molar-refractivity contribution in [3.8, 4) is 0 Å². The van der Waals surface area contributed by atoms with Gasteiger partial charge in [-0.2, -0.15) is 0 Å². The molecule has 0 unspecified atom stereocenters. The first kappa shape index (κ1) is 14.4. The Kier molecular flexibility index (Phi) is 6.72. The molecule has 0 radical (unpaired) electrons. The molecule has 4 heteroatoms. The van der Waals surface area contributed by atoms with E-state index < -0.39 is 0 Å². The maximum Gasteiger partial charge on any atom is 0.330 e. The summed E-state index contributed by atoms with van der Waals surface area (Å²) in [5, 5.41) is 0. The number of carbonyl (C=O) groups excluding carboxylic acids is 1. The van der Waals surface area contributed by atoms with E-state index in [0.29, 0.717) is 6.61 Å². The van der Waals surface area contributed by atoms with E-state index in [1.165, 1.54) is 6.08 Å². The van der Waals surface area contributed by atoms with Crippen molar-refractivity contribution in [2.24, 2.45) is 0 Å². The minimum Gasteiger partial charge on any atom is -0.463 e. The van der Waals surface area contributed by atoms with Crippen LogP contribution in [-0.4, -0.2) is 42.6 Å². The maximum absolute atomic E-state index is 11.1. The summed E-state index contributed by atoms with van der Waals surface area (Å²) in [7, 11) is 2.01. The van der Waals surface area contributed by atoms with E-state index in [0.717, 1.165) is 25.2 Å². The molecule has 0 amide bonds. The summed E-state index contributed by atoms with van der Waals surface area (Å²) in [5.74, 6) is -0.282. The van der Waals surface area contributed by atoms with E-state index in [9.17, 15) is 4.79 Å². The Balaban J connectivity index is 2.22. The molecule has 0 saturated heterocycles. The molecule has 0 bridgehead atoms. The van der Waals surface area contributed by atoms with Crippen LogP contribution >= 0.6 is 0 Å². The average molecular weight is 248 g/mol. The van der Waals surface area contributed by atoms with Gasteiger partial charge in [0.25, 0.3) is 0 Å². The zero-order valence-electron chi connectivity index (χ0n) is 11.0. The van der Waals surface area contributed by atoms with E-state index >= 15 is 0 Å². The van der Waals surface area contributed by atoms with Crippen LogP contribution in [0.5, 0.6) is 0 Å². The number of hydrogen-bond acceptors (Lipinski definition) is 4. The SMILES string of the molecule is CCOC(=O)/C=C/CN(C)CCc1ccccn1. The monoisotopic (exact) mass is 248 g/mol. The molecule has 0 atom stereocenters. The van der Waals surface area contributed by atoms with Gasteiger partial charge in [-0.1, -0.05) is 12.1 Å². The van der Waals surface area contributed by atoms with Crippen molar-refractivity contribution in [3.05, 3.63) is 42.2 Å². The van der Waals surface area contributed by atoms with Crippen molar-refractivity contribution < 1.29 is 9.53 Å². The lowest BCUT2D eigenvalue weighted by molar-refractivity contribution is -0.137. The number of esters is 1. The molecular formula is C14H20N2O2. The number of ether oxygens (including phenoxy) is 1. The number of likely N-dealkylation sites (N-methyl/N-ethyl adjacent to an activating group) is 1. The lowest BCUT2D eigenvalue weighted by Crippen LogP contribution is -2.21. The first-order valence-electron chi connectivity index (χ1n) is 6.14. The average Bonchev–Trinajstić information content (AvgIpc) is 2.38. The standard InChI is InChI=1S/C14H20N2O2/c1-3-18-14(17)8-6-11-16(2)12-9-13-7-4-5-10-15-13/h4-8,10H,3,9,11-12H2,1-2H3/b8-6+. The summed E-state index contributed by atoms with van der Waals surface area (Å²) in [4.78, 5) is 17.5. The van der Waals surface area contributed by atoms with Crippen LogP contribution in [0.4, 0.5) is 0 Å². The molecule has 0 aromatic carbocycles. The third-order valence-corrected chi connectivity index (χ3v) is 2.43. The van der Waals surface area contributed by atoms with Crippen LogP contribution in [0.3, 0.4) is 0 Å². The van der Waals surface area contributed by atoms with Crippen molar-refractivity contribution in [3.63, 3.8) is 0 Å². The summed E-state index contributed by atoms with van der Waals surface area (Å²) >= 11 is 0. The summed E-state index contributed by atoms with van der Waals surface area (Å²) in [6.45, 7) is 3.85. The first-order valence-corrected chi connectivity index (χ1v) is 6.14. The molecule has 1 aromatic heterocycles. The molecule has 98 valence electrons. The van der Waals surface area contributed by atoms with Gasteiger partial charge in [-0.15, -0.1) is 0 Å². The lowest BCUT2D eigenvalue weighted by Gasteiger charge is -2.13. The summed E-state index contributed by atoms with van der Waals surface area (Å²) in [6.07, 6.45) is 6.00. The predicted molar refractivity (Wildman–Crippen MR) is 71.2 cm³/mol. The van der Waals surface area contributed by atoms with Gasteiger partial charge in [0.2, 0.25) is 0 Å². The minimum absolute atomic E-state index is 0.282. The quantitative estimate of drug-likeness (QED) is 0.544. The molecule has 0 aliphatic carbocycles. The summed E-state index contributed by atoms with van der Waals surface area (Å²) < 4.78 is 4.80. The predicted octanol–water partition coefficient (Wildman–Crippen LogP) is 1.68. The summed E-state index contributed by atoms with van der Waals surface area (Å²) in [6, 6.07) is 5.92. The fraction of sp³-hybridized carbons (Fsp3) is 0.429. The van der Waals surface area contributed by atoms with Crippen LogP contribution in [0.25, 0.3) is 0 Å². The van der Waals surface area contributed by atoms with Gasteiger partial charge in [0.15, 0.2) is 0 Å². The Hall–Kier alpha value is -1.68. The third-order valence-electron chi connectivity index (χ3n) is 2.43. The number of nitrogens with zero attached hydrogens (tertiary/aromatic N) is 2. The maximum atomic E-state index is 11.1. The van der Waals surface area contributed by atoms with Gasteiger partial charge in [-0.05, 0) is 26.1 Å². The van der Waals surface area contributed by atoms with E-state index in [1.807, 2.05) is 31.3 Å². The Morgan fingerprint density at radius 2 is 2.33 bits per heavy atom. The zero-order chi connectivity index (χ0) is 13.2. The van der Waals surface area contributed by atoms with E-state index in [-0.39, 0.29) is 5.97 Å². The van der Waals surface area contributed by atoms with Gasteiger partial charge in [-0.25, -0.2) is 4.79 Å². The van der Waals surface area contributed by atoms with Crippen LogP contribution in [0.2, 0.25) is 0 Å². The fourth-order valence-electron chi connectivity index (χ4n) is 1.46. The van der Waals surface area contributed by atoms with Crippen molar-refractivity contribution in [1.29, 1.82) is 0 Å². The smallest absolute Gasteiger partial charge is 0.330 e. The van der Waals surface area contributed by atoms with Gasteiger partial charge < -0.3 is 9.64 Å². The first-order chi connectivity index (χ1) is 8.72. The topological polar surface area (TPSA) is 42.4 Å². The number of carbonyl (C=O) groups is 1. The molecule has 4 nitrogen and oxygen atoms in total. The highest BCUT2D eigenvalue weighted by Crippen LogP contribution is 1.96. The Labute approximate surface area is 108 Å². The van der Waals surface area contributed by atoms with Gasteiger partial charge in [0.1, 0.15) is 0 Å². The van der Waals surface area contributed by atoms with E-state index in [2.05, 4.69) is 9.88 Å². The van der Waals surface area contributed by atoms with Gasteiger partial charge in [-0.3, -0.25) is 4.98 Å². The number of rotatable bonds is 7. The largest absolute Gasteiger partial charge is 0.463 e. The Morgan fingerprint density at radius 3 is 3.00 bits per heavy atom. The normalized spacial score (nSPS) is 11.1. The summed E-state index contributed by atoms with van der Waals surface area (Å²) in [5.41, 5.74) is 1.08. The number of pyridine rings is 1. The molecule has 0 spiro atoms. The molecule has 0 saturated carbocycles. The second kappa shape index (κ2) is 8.42. The van der Waals surface area contributed by atoms with E-state index in [4.69, 9.17) is 4.74 Å². The molecule has 0 aliphatic heterocycles. The van der Waals surface area contributed by atoms with Crippen LogP contribution in [0.1, 0.15) is 12.6 Å². The highest BCUT2D eigenvalue weighted by Gasteiger charge is 1.99.